The van der Waals surface area contributed by atoms with Crippen molar-refractivity contribution in [3.8, 4) is 5.69 Å². The number of halogens is 1. The van der Waals surface area contributed by atoms with E-state index in [-0.39, 0.29) is 16.3 Å². The summed E-state index contributed by atoms with van der Waals surface area (Å²) in [5.74, 6) is -0.717. The predicted octanol–water partition coefficient (Wildman–Crippen LogP) is 1.73. The minimum absolute atomic E-state index is 0.0305. The van der Waals surface area contributed by atoms with Crippen LogP contribution in [0.1, 0.15) is 30.2 Å². The summed E-state index contributed by atoms with van der Waals surface area (Å²) < 4.78 is 43.6. The molecule has 0 aliphatic rings. The number of carbonyl (C=O) groups excluding carboxylic acids is 1. The third-order valence-electron chi connectivity index (χ3n) is 4.61. The van der Waals surface area contributed by atoms with Crippen LogP contribution >= 0.6 is 0 Å². The Labute approximate surface area is 173 Å². The second-order valence-corrected chi connectivity index (χ2v) is 8.46. The number of amides is 1. The first-order valence-corrected chi connectivity index (χ1v) is 10.7. The SMILES string of the molecule is CCN(CC)S(=O)(=O)c1cc(C(=O)Nc2ccc(F)c(-n3nnnc3C)c2)n(C)c1. The number of benzene rings is 1. The van der Waals surface area contributed by atoms with Gasteiger partial charge in [0.25, 0.3) is 5.91 Å². The van der Waals surface area contributed by atoms with E-state index in [2.05, 4.69) is 20.8 Å². The van der Waals surface area contributed by atoms with E-state index in [1.807, 2.05) is 0 Å². The van der Waals surface area contributed by atoms with Crippen molar-refractivity contribution in [1.82, 2.24) is 29.1 Å². The van der Waals surface area contributed by atoms with Crippen molar-refractivity contribution < 1.29 is 17.6 Å². The fourth-order valence-electron chi connectivity index (χ4n) is 3.02. The largest absolute Gasteiger partial charge is 0.345 e. The number of tetrazole rings is 1. The number of carbonyl (C=O) groups is 1. The molecule has 3 aromatic rings. The lowest BCUT2D eigenvalue weighted by atomic mass is 10.2. The summed E-state index contributed by atoms with van der Waals surface area (Å²) in [7, 11) is -2.12. The van der Waals surface area contributed by atoms with Crippen LogP contribution in [0.2, 0.25) is 0 Å². The highest BCUT2D eigenvalue weighted by Crippen LogP contribution is 2.22. The van der Waals surface area contributed by atoms with E-state index in [1.54, 1.807) is 27.8 Å². The van der Waals surface area contributed by atoms with E-state index < -0.39 is 21.7 Å². The van der Waals surface area contributed by atoms with Gasteiger partial charge in [-0.15, -0.1) is 5.10 Å². The van der Waals surface area contributed by atoms with Gasteiger partial charge in [0.05, 0.1) is 0 Å². The topological polar surface area (TPSA) is 115 Å². The molecule has 12 heteroatoms. The molecular weight excluding hydrogens is 413 g/mol. The van der Waals surface area contributed by atoms with Crippen molar-refractivity contribution in [3.05, 3.63) is 47.8 Å². The predicted molar refractivity (Wildman–Crippen MR) is 107 cm³/mol. The van der Waals surface area contributed by atoms with Crippen molar-refractivity contribution in [2.24, 2.45) is 7.05 Å². The maximum absolute atomic E-state index is 14.2. The maximum atomic E-state index is 14.2. The van der Waals surface area contributed by atoms with Crippen LogP contribution in [0.5, 0.6) is 0 Å². The third-order valence-corrected chi connectivity index (χ3v) is 6.63. The Balaban J connectivity index is 1.89. The van der Waals surface area contributed by atoms with Gasteiger partial charge in [0.15, 0.2) is 5.82 Å². The van der Waals surface area contributed by atoms with Gasteiger partial charge in [-0.2, -0.15) is 8.99 Å². The van der Waals surface area contributed by atoms with Crippen LogP contribution in [0, 0.1) is 12.7 Å². The van der Waals surface area contributed by atoms with Crippen LogP contribution in [0.3, 0.4) is 0 Å². The smallest absolute Gasteiger partial charge is 0.272 e. The first-order valence-electron chi connectivity index (χ1n) is 9.21. The van der Waals surface area contributed by atoms with E-state index in [4.69, 9.17) is 0 Å². The summed E-state index contributed by atoms with van der Waals surface area (Å²) in [5, 5.41) is 13.6. The number of aryl methyl sites for hydroxylation is 2. The number of anilines is 1. The van der Waals surface area contributed by atoms with Crippen LogP contribution in [0.25, 0.3) is 5.69 Å². The lowest BCUT2D eigenvalue weighted by molar-refractivity contribution is 0.101. The molecule has 0 aliphatic heterocycles. The van der Waals surface area contributed by atoms with Gasteiger partial charge < -0.3 is 9.88 Å². The normalized spacial score (nSPS) is 11.8. The Kier molecular flexibility index (Phi) is 5.99. The number of hydrogen-bond acceptors (Lipinski definition) is 6. The van der Waals surface area contributed by atoms with Crippen LogP contribution < -0.4 is 5.32 Å². The summed E-state index contributed by atoms with van der Waals surface area (Å²) in [5.41, 5.74) is 0.526. The van der Waals surface area contributed by atoms with Gasteiger partial charge >= 0.3 is 0 Å². The van der Waals surface area contributed by atoms with Crippen molar-refractivity contribution in [3.63, 3.8) is 0 Å². The third kappa shape index (κ3) is 3.96. The Morgan fingerprint density at radius 1 is 1.23 bits per heavy atom. The fourth-order valence-corrected chi connectivity index (χ4v) is 4.55. The molecule has 0 radical (unpaired) electrons. The number of aromatic nitrogens is 5. The zero-order valence-electron chi connectivity index (χ0n) is 17.0. The van der Waals surface area contributed by atoms with Crippen LogP contribution in [-0.2, 0) is 17.1 Å². The van der Waals surface area contributed by atoms with E-state index in [9.17, 15) is 17.6 Å². The summed E-state index contributed by atoms with van der Waals surface area (Å²) in [4.78, 5) is 12.8. The number of nitrogens with zero attached hydrogens (tertiary/aromatic N) is 6. The molecule has 30 heavy (non-hydrogen) atoms. The highest BCUT2D eigenvalue weighted by molar-refractivity contribution is 7.89. The van der Waals surface area contributed by atoms with Gasteiger partial charge in [0.2, 0.25) is 10.0 Å². The highest BCUT2D eigenvalue weighted by Gasteiger charge is 2.25. The van der Waals surface area contributed by atoms with Gasteiger partial charge in [0.1, 0.15) is 22.1 Å². The molecule has 0 bridgehead atoms. The van der Waals surface area contributed by atoms with Gasteiger partial charge in [-0.25, -0.2) is 12.8 Å². The molecule has 2 aromatic heterocycles. The molecule has 1 N–H and O–H groups in total. The van der Waals surface area contributed by atoms with E-state index in [1.165, 1.54) is 44.0 Å². The van der Waals surface area contributed by atoms with Gasteiger partial charge in [-0.05, 0) is 41.6 Å². The fraction of sp³-hybridized carbons (Fsp3) is 0.333. The second-order valence-electron chi connectivity index (χ2n) is 6.52. The van der Waals surface area contributed by atoms with Crippen LogP contribution in [0.4, 0.5) is 10.1 Å². The lowest BCUT2D eigenvalue weighted by Crippen LogP contribution is -2.30. The molecule has 0 fully saturated rings. The molecule has 0 aliphatic carbocycles. The number of sulfonamides is 1. The highest BCUT2D eigenvalue weighted by atomic mass is 32.2. The molecule has 1 aromatic carbocycles. The van der Waals surface area contributed by atoms with Gasteiger partial charge in [0, 0.05) is 32.0 Å². The monoisotopic (exact) mass is 435 g/mol. The molecule has 10 nitrogen and oxygen atoms in total. The van der Waals surface area contributed by atoms with Crippen LogP contribution in [0.15, 0.2) is 35.4 Å². The molecule has 1 amide bonds. The van der Waals surface area contributed by atoms with E-state index >= 15 is 0 Å². The maximum Gasteiger partial charge on any atom is 0.272 e. The standard InChI is InChI=1S/C18H22FN7O3S/c1-5-25(6-2)30(28,29)14-10-17(24(4)11-14)18(27)20-13-7-8-15(19)16(9-13)26-12(3)21-22-23-26/h7-11H,5-6H2,1-4H3,(H,20,27). The zero-order valence-corrected chi connectivity index (χ0v) is 17.8. The molecule has 160 valence electrons. The summed E-state index contributed by atoms with van der Waals surface area (Å²) in [6, 6.07) is 5.30. The molecule has 0 unspecified atom stereocenters. The average Bonchev–Trinajstić information content (AvgIpc) is 3.30. The summed E-state index contributed by atoms with van der Waals surface area (Å²) in [6.07, 6.45) is 1.39. The number of nitrogens with one attached hydrogen (secondary N) is 1. The lowest BCUT2D eigenvalue weighted by Gasteiger charge is -2.17. The number of rotatable bonds is 7. The molecule has 2 heterocycles. The van der Waals surface area contributed by atoms with Crippen LogP contribution in [-0.4, -0.2) is 56.5 Å². The second kappa shape index (κ2) is 8.32. The molecule has 0 saturated heterocycles. The quantitative estimate of drug-likeness (QED) is 0.604. The summed E-state index contributed by atoms with van der Waals surface area (Å²) >= 11 is 0. The molecule has 3 rings (SSSR count). The summed E-state index contributed by atoms with van der Waals surface area (Å²) in [6.45, 7) is 5.76. The number of hydrogen-bond donors (Lipinski definition) is 1. The van der Waals surface area contributed by atoms with Gasteiger partial charge in [-0.3, -0.25) is 4.79 Å². The Morgan fingerprint density at radius 3 is 2.53 bits per heavy atom. The van der Waals surface area contributed by atoms with Crippen molar-refractivity contribution in [2.45, 2.75) is 25.7 Å². The first-order chi connectivity index (χ1) is 14.2. The minimum Gasteiger partial charge on any atom is -0.345 e. The van der Waals surface area contributed by atoms with Crippen molar-refractivity contribution in [1.29, 1.82) is 0 Å². The van der Waals surface area contributed by atoms with E-state index in [0.717, 1.165) is 0 Å². The Morgan fingerprint density at radius 2 is 1.93 bits per heavy atom. The molecule has 0 saturated carbocycles. The van der Waals surface area contributed by atoms with Gasteiger partial charge in [-0.1, -0.05) is 13.8 Å². The molecule has 0 spiro atoms. The first kappa shape index (κ1) is 21.6. The average molecular weight is 435 g/mol. The minimum atomic E-state index is -3.70. The van der Waals surface area contributed by atoms with E-state index in [0.29, 0.717) is 24.6 Å². The zero-order chi connectivity index (χ0) is 22.1. The van der Waals surface area contributed by atoms with Crippen molar-refractivity contribution in [2.75, 3.05) is 18.4 Å². The molecular formula is C18H22FN7O3S. The van der Waals surface area contributed by atoms with Crippen molar-refractivity contribution >= 4 is 21.6 Å². The Hall–Kier alpha value is -3.12. The molecule has 0 atom stereocenters. The Bertz CT molecular complexity index is 1180.